The summed E-state index contributed by atoms with van der Waals surface area (Å²) in [7, 11) is 0. The highest BCUT2D eigenvalue weighted by Gasteiger charge is 2.37. The fourth-order valence-corrected chi connectivity index (χ4v) is 4.97. The molecule has 0 saturated carbocycles. The van der Waals surface area contributed by atoms with E-state index in [1.165, 1.54) is 5.56 Å². The summed E-state index contributed by atoms with van der Waals surface area (Å²) in [6.07, 6.45) is 4.39. The van der Waals surface area contributed by atoms with Crippen LogP contribution in [0.2, 0.25) is 0 Å². The summed E-state index contributed by atoms with van der Waals surface area (Å²) in [6, 6.07) is 30.4. The molecule has 4 aromatic rings. The zero-order chi connectivity index (χ0) is 23.3. The smallest absolute Gasteiger partial charge is 0.223 e. The van der Waals surface area contributed by atoms with Crippen LogP contribution >= 0.6 is 0 Å². The van der Waals surface area contributed by atoms with Crippen molar-refractivity contribution in [2.45, 2.75) is 37.9 Å². The molecule has 1 fully saturated rings. The molecule has 1 amide bonds. The van der Waals surface area contributed by atoms with Gasteiger partial charge in [0.1, 0.15) is 5.82 Å². The number of hydrogen-bond acceptors (Lipinski definition) is 3. The molecule has 2 N–H and O–H groups in total. The molecule has 34 heavy (non-hydrogen) atoms. The van der Waals surface area contributed by atoms with E-state index in [0.717, 1.165) is 35.5 Å². The number of carbonyl (C=O) groups excluding carboxylic acids is 1. The number of hydrogen-bond donors (Lipinski definition) is 1. The minimum absolute atomic E-state index is 0.129. The van der Waals surface area contributed by atoms with Crippen LogP contribution in [0.4, 0.5) is 0 Å². The lowest BCUT2D eigenvalue weighted by Crippen LogP contribution is -2.44. The third-order valence-electron chi connectivity index (χ3n) is 6.61. The highest BCUT2D eigenvalue weighted by molar-refractivity contribution is 5.78. The Balaban J connectivity index is 1.59. The van der Waals surface area contributed by atoms with Gasteiger partial charge in [-0.15, -0.1) is 0 Å². The van der Waals surface area contributed by atoms with Crippen LogP contribution in [0.5, 0.6) is 0 Å². The summed E-state index contributed by atoms with van der Waals surface area (Å²) in [4.78, 5) is 20.5. The maximum Gasteiger partial charge on any atom is 0.223 e. The second-order valence-corrected chi connectivity index (χ2v) is 8.84. The SMILES string of the molecule is NCC(c1ccccc1)N1C(=O)CCCC1c1nc(-c2ccccc2)cn1Cc1ccccc1. The van der Waals surface area contributed by atoms with Gasteiger partial charge in [-0.1, -0.05) is 91.0 Å². The number of amides is 1. The van der Waals surface area contributed by atoms with Gasteiger partial charge in [0.25, 0.3) is 0 Å². The van der Waals surface area contributed by atoms with E-state index in [1.807, 2.05) is 47.4 Å². The van der Waals surface area contributed by atoms with Crippen molar-refractivity contribution in [3.8, 4) is 11.3 Å². The number of piperidine rings is 1. The van der Waals surface area contributed by atoms with Crippen LogP contribution in [0.3, 0.4) is 0 Å². The number of nitrogens with two attached hydrogens (primary N) is 1. The average Bonchev–Trinajstić information content (AvgIpc) is 3.31. The molecule has 2 unspecified atom stereocenters. The molecular weight excluding hydrogens is 420 g/mol. The minimum Gasteiger partial charge on any atom is -0.328 e. The number of likely N-dealkylation sites (tertiary alicyclic amines) is 1. The van der Waals surface area contributed by atoms with E-state index in [-0.39, 0.29) is 18.0 Å². The maximum atomic E-state index is 13.3. The fourth-order valence-electron chi connectivity index (χ4n) is 4.97. The molecule has 5 nitrogen and oxygen atoms in total. The minimum atomic E-state index is -0.180. The van der Waals surface area contributed by atoms with Gasteiger partial charge in [0.15, 0.2) is 0 Å². The third kappa shape index (κ3) is 4.52. The number of aromatic nitrogens is 2. The highest BCUT2D eigenvalue weighted by atomic mass is 16.2. The van der Waals surface area contributed by atoms with Crippen LogP contribution in [0.25, 0.3) is 11.3 Å². The van der Waals surface area contributed by atoms with E-state index in [9.17, 15) is 4.79 Å². The molecule has 172 valence electrons. The number of rotatable bonds is 7. The Kier molecular flexibility index (Phi) is 6.54. The summed E-state index contributed by atoms with van der Waals surface area (Å²) in [5, 5.41) is 0. The molecule has 5 heteroatoms. The van der Waals surface area contributed by atoms with E-state index in [2.05, 4.69) is 59.3 Å². The first-order valence-corrected chi connectivity index (χ1v) is 12.0. The van der Waals surface area contributed by atoms with Gasteiger partial charge >= 0.3 is 0 Å². The van der Waals surface area contributed by atoms with Crippen molar-refractivity contribution in [3.05, 3.63) is 114 Å². The molecule has 1 aliphatic rings. The van der Waals surface area contributed by atoms with E-state index < -0.39 is 0 Å². The quantitative estimate of drug-likeness (QED) is 0.413. The van der Waals surface area contributed by atoms with Gasteiger partial charge < -0.3 is 15.2 Å². The summed E-state index contributed by atoms with van der Waals surface area (Å²) in [5.41, 5.74) is 10.5. The summed E-state index contributed by atoms with van der Waals surface area (Å²) >= 11 is 0. The zero-order valence-electron chi connectivity index (χ0n) is 19.3. The van der Waals surface area contributed by atoms with Gasteiger partial charge in [0.2, 0.25) is 5.91 Å². The summed E-state index contributed by atoms with van der Waals surface area (Å²) < 4.78 is 2.21. The molecule has 0 bridgehead atoms. The number of benzene rings is 3. The molecule has 1 aliphatic heterocycles. The molecular formula is C29H30N4O. The first-order valence-electron chi connectivity index (χ1n) is 12.0. The molecule has 3 aromatic carbocycles. The average molecular weight is 451 g/mol. The topological polar surface area (TPSA) is 64.2 Å². The normalized spacial score (nSPS) is 17.0. The van der Waals surface area contributed by atoms with E-state index >= 15 is 0 Å². The molecule has 0 spiro atoms. The van der Waals surface area contributed by atoms with Gasteiger partial charge in [-0.3, -0.25) is 4.79 Å². The second-order valence-electron chi connectivity index (χ2n) is 8.84. The van der Waals surface area contributed by atoms with Crippen molar-refractivity contribution >= 4 is 5.91 Å². The standard InChI is InChI=1S/C29H30N4O/c30-19-27(24-15-8-3-9-16-24)33-26(17-10-18-28(33)34)29-31-25(23-13-6-2-7-14-23)21-32(29)20-22-11-4-1-5-12-22/h1-9,11-16,21,26-27H,10,17-20,30H2. The largest absolute Gasteiger partial charge is 0.328 e. The van der Waals surface area contributed by atoms with Crippen molar-refractivity contribution in [3.63, 3.8) is 0 Å². The maximum absolute atomic E-state index is 13.3. The molecule has 1 aromatic heterocycles. The Labute approximate surface area is 200 Å². The molecule has 2 heterocycles. The van der Waals surface area contributed by atoms with Crippen LogP contribution < -0.4 is 5.73 Å². The molecule has 1 saturated heterocycles. The van der Waals surface area contributed by atoms with Gasteiger partial charge in [-0.2, -0.15) is 0 Å². The monoisotopic (exact) mass is 450 g/mol. The van der Waals surface area contributed by atoms with Gasteiger partial charge in [0, 0.05) is 31.3 Å². The Hall–Kier alpha value is -3.70. The van der Waals surface area contributed by atoms with E-state index in [4.69, 9.17) is 10.7 Å². The van der Waals surface area contributed by atoms with Crippen LogP contribution in [-0.4, -0.2) is 26.9 Å². The van der Waals surface area contributed by atoms with Crippen molar-refractivity contribution in [2.75, 3.05) is 6.54 Å². The Morgan fingerprint density at radius 3 is 2.24 bits per heavy atom. The van der Waals surface area contributed by atoms with Gasteiger partial charge in [0.05, 0.1) is 17.8 Å². The Morgan fingerprint density at radius 1 is 0.912 bits per heavy atom. The fraction of sp³-hybridized carbons (Fsp3) is 0.241. The van der Waals surface area contributed by atoms with Crippen LogP contribution in [-0.2, 0) is 11.3 Å². The van der Waals surface area contributed by atoms with E-state index in [1.54, 1.807) is 0 Å². The van der Waals surface area contributed by atoms with Crippen LogP contribution in [0.15, 0.2) is 97.2 Å². The first kappa shape index (κ1) is 22.1. The number of imidazole rings is 1. The Bertz CT molecular complexity index is 1220. The van der Waals surface area contributed by atoms with Gasteiger partial charge in [-0.25, -0.2) is 4.98 Å². The lowest BCUT2D eigenvalue weighted by Gasteiger charge is -2.41. The predicted molar refractivity (Wildman–Crippen MR) is 135 cm³/mol. The first-order chi connectivity index (χ1) is 16.7. The van der Waals surface area contributed by atoms with Gasteiger partial charge in [-0.05, 0) is 24.0 Å². The van der Waals surface area contributed by atoms with Crippen LogP contribution in [0, 0.1) is 0 Å². The molecule has 5 rings (SSSR count). The third-order valence-corrected chi connectivity index (χ3v) is 6.61. The Morgan fingerprint density at radius 2 is 1.56 bits per heavy atom. The number of carbonyl (C=O) groups is 1. The van der Waals surface area contributed by atoms with Crippen molar-refractivity contribution in [2.24, 2.45) is 5.73 Å². The molecule has 2 atom stereocenters. The zero-order valence-corrected chi connectivity index (χ0v) is 19.3. The second kappa shape index (κ2) is 10.1. The lowest BCUT2D eigenvalue weighted by atomic mass is 9.95. The number of nitrogens with zero attached hydrogens (tertiary/aromatic N) is 3. The van der Waals surface area contributed by atoms with Crippen molar-refractivity contribution < 1.29 is 4.79 Å². The molecule has 0 aliphatic carbocycles. The molecule has 0 radical (unpaired) electrons. The summed E-state index contributed by atoms with van der Waals surface area (Å²) in [5.74, 6) is 1.07. The van der Waals surface area contributed by atoms with Crippen LogP contribution in [0.1, 0.15) is 48.3 Å². The van der Waals surface area contributed by atoms with Crippen molar-refractivity contribution in [1.82, 2.24) is 14.5 Å². The van der Waals surface area contributed by atoms with E-state index in [0.29, 0.717) is 19.5 Å². The predicted octanol–water partition coefficient (Wildman–Crippen LogP) is 5.35. The van der Waals surface area contributed by atoms with Crippen molar-refractivity contribution in [1.29, 1.82) is 0 Å². The summed E-state index contributed by atoms with van der Waals surface area (Å²) in [6.45, 7) is 1.07. The highest BCUT2D eigenvalue weighted by Crippen LogP contribution is 2.38. The lowest BCUT2D eigenvalue weighted by molar-refractivity contribution is -0.140.